The van der Waals surface area contributed by atoms with Gasteiger partial charge in [0, 0.05) is 6.42 Å². The number of phenols is 2. The van der Waals surface area contributed by atoms with Crippen molar-refractivity contribution in [3.05, 3.63) is 23.8 Å². The molecule has 1 aromatic rings. The van der Waals surface area contributed by atoms with E-state index in [0.29, 0.717) is 12.0 Å². The van der Waals surface area contributed by atoms with E-state index in [9.17, 15) is 4.79 Å². The van der Waals surface area contributed by atoms with Crippen molar-refractivity contribution in [2.45, 2.75) is 26.7 Å². The highest BCUT2D eigenvalue weighted by atomic mass is 16.4. The Morgan fingerprint density at radius 2 is 1.80 bits per heavy atom. The molecular formula is C11H16O4. The van der Waals surface area contributed by atoms with Gasteiger partial charge in [0.25, 0.3) is 0 Å². The monoisotopic (exact) mass is 212 g/mol. The van der Waals surface area contributed by atoms with Gasteiger partial charge < -0.3 is 15.3 Å². The normalized spacial score (nSPS) is 8.93. The molecule has 0 aliphatic carbocycles. The molecule has 4 heteroatoms. The Bertz CT molecular complexity index is 320. The predicted octanol–water partition coefficient (Wildman–Crippen LogP) is 2.14. The number of aryl methyl sites for hydroxylation is 1. The third-order valence-electron chi connectivity index (χ3n) is 1.67. The van der Waals surface area contributed by atoms with Gasteiger partial charge in [0.2, 0.25) is 0 Å². The van der Waals surface area contributed by atoms with Crippen LogP contribution in [0.2, 0.25) is 0 Å². The maximum atomic E-state index is 10.2. The van der Waals surface area contributed by atoms with Crippen molar-refractivity contribution >= 4 is 5.97 Å². The smallest absolute Gasteiger partial charge is 0.303 e. The lowest BCUT2D eigenvalue weighted by atomic mass is 10.1. The number of phenolic OH excluding ortho intramolecular Hbond substituents is 2. The molecule has 3 N–H and O–H groups in total. The average Bonchev–Trinajstić information content (AvgIpc) is 2.23. The summed E-state index contributed by atoms with van der Waals surface area (Å²) in [4.78, 5) is 10.2. The molecule has 0 aliphatic heterocycles. The fourth-order valence-electron chi connectivity index (χ4n) is 0.976. The molecule has 1 aromatic carbocycles. The maximum Gasteiger partial charge on any atom is 0.303 e. The van der Waals surface area contributed by atoms with Crippen LogP contribution in [0.5, 0.6) is 11.5 Å². The number of carbonyl (C=O) groups is 1. The molecule has 0 fully saturated rings. The molecule has 0 spiro atoms. The number of carboxylic acid groups (broad SMARTS) is 1. The summed E-state index contributed by atoms with van der Waals surface area (Å²) in [6.07, 6.45) is 0.368. The Kier molecular flexibility index (Phi) is 5.94. The minimum absolute atomic E-state index is 0.0181. The lowest BCUT2D eigenvalue weighted by molar-refractivity contribution is -0.136. The van der Waals surface area contributed by atoms with Crippen LogP contribution in [0.3, 0.4) is 0 Å². The van der Waals surface area contributed by atoms with Gasteiger partial charge in [-0.1, -0.05) is 19.9 Å². The molecule has 15 heavy (non-hydrogen) atoms. The van der Waals surface area contributed by atoms with E-state index in [1.165, 1.54) is 12.1 Å². The fraction of sp³-hybridized carbons (Fsp3) is 0.364. The van der Waals surface area contributed by atoms with E-state index in [4.69, 9.17) is 15.3 Å². The van der Waals surface area contributed by atoms with Crippen molar-refractivity contribution in [2.75, 3.05) is 0 Å². The van der Waals surface area contributed by atoms with Crippen LogP contribution in [0.4, 0.5) is 0 Å². The summed E-state index contributed by atoms with van der Waals surface area (Å²) in [5.74, 6) is -1.30. The maximum absolute atomic E-state index is 10.2. The standard InChI is InChI=1S/C9H10O4.C2H6/c10-7-3-1-6(5-8(7)11)2-4-9(12)13;1-2/h1,3,5,10-11H,2,4H2,(H,12,13);1-2H3. The van der Waals surface area contributed by atoms with Gasteiger partial charge in [-0.15, -0.1) is 0 Å². The Morgan fingerprint density at radius 1 is 1.20 bits per heavy atom. The first-order chi connectivity index (χ1) is 7.09. The molecule has 0 saturated heterocycles. The molecule has 0 bridgehead atoms. The van der Waals surface area contributed by atoms with Gasteiger partial charge >= 0.3 is 5.97 Å². The van der Waals surface area contributed by atoms with Gasteiger partial charge in [-0.05, 0) is 24.1 Å². The number of carboxylic acids is 1. The zero-order chi connectivity index (χ0) is 11.8. The highest BCUT2D eigenvalue weighted by Gasteiger charge is 2.02. The van der Waals surface area contributed by atoms with Crippen molar-refractivity contribution in [1.29, 1.82) is 0 Å². The van der Waals surface area contributed by atoms with Crippen LogP contribution in [0, 0.1) is 0 Å². The number of hydrogen-bond acceptors (Lipinski definition) is 3. The number of aromatic hydroxyl groups is 2. The van der Waals surface area contributed by atoms with Crippen molar-refractivity contribution in [3.8, 4) is 11.5 Å². The Labute approximate surface area is 88.8 Å². The van der Waals surface area contributed by atoms with Crippen molar-refractivity contribution < 1.29 is 20.1 Å². The zero-order valence-electron chi connectivity index (χ0n) is 8.90. The van der Waals surface area contributed by atoms with Crippen LogP contribution in [-0.4, -0.2) is 21.3 Å². The van der Waals surface area contributed by atoms with Crippen molar-refractivity contribution in [1.82, 2.24) is 0 Å². The van der Waals surface area contributed by atoms with Crippen molar-refractivity contribution in [3.63, 3.8) is 0 Å². The van der Waals surface area contributed by atoms with Crippen LogP contribution in [0.25, 0.3) is 0 Å². The quantitative estimate of drug-likeness (QED) is 0.671. The topological polar surface area (TPSA) is 77.8 Å². The van der Waals surface area contributed by atoms with Crippen LogP contribution < -0.4 is 0 Å². The molecule has 0 atom stereocenters. The minimum atomic E-state index is -0.882. The second kappa shape index (κ2) is 6.70. The second-order valence-corrected chi connectivity index (χ2v) is 2.72. The Hall–Kier alpha value is -1.71. The third-order valence-corrected chi connectivity index (χ3v) is 1.67. The summed E-state index contributed by atoms with van der Waals surface area (Å²) < 4.78 is 0. The molecule has 0 aromatic heterocycles. The van der Waals surface area contributed by atoms with E-state index in [1.807, 2.05) is 13.8 Å². The van der Waals surface area contributed by atoms with Crippen LogP contribution in [-0.2, 0) is 11.2 Å². The van der Waals surface area contributed by atoms with E-state index < -0.39 is 5.97 Å². The van der Waals surface area contributed by atoms with Gasteiger partial charge in [-0.2, -0.15) is 0 Å². The van der Waals surface area contributed by atoms with Crippen LogP contribution >= 0.6 is 0 Å². The van der Waals surface area contributed by atoms with Gasteiger partial charge in [-0.3, -0.25) is 4.79 Å². The van der Waals surface area contributed by atoms with E-state index >= 15 is 0 Å². The summed E-state index contributed by atoms with van der Waals surface area (Å²) in [7, 11) is 0. The molecule has 4 nitrogen and oxygen atoms in total. The van der Waals surface area contributed by atoms with Gasteiger partial charge in [0.1, 0.15) is 0 Å². The summed E-state index contributed by atoms with van der Waals surface area (Å²) in [5, 5.41) is 26.4. The molecule has 0 heterocycles. The molecule has 84 valence electrons. The molecular weight excluding hydrogens is 196 g/mol. The SMILES string of the molecule is CC.O=C(O)CCc1ccc(O)c(O)c1. The minimum Gasteiger partial charge on any atom is -0.504 e. The molecule has 1 rings (SSSR count). The molecule has 0 unspecified atom stereocenters. The predicted molar refractivity (Wildman–Crippen MR) is 57.1 cm³/mol. The van der Waals surface area contributed by atoms with Crippen LogP contribution in [0.15, 0.2) is 18.2 Å². The van der Waals surface area contributed by atoms with Gasteiger partial charge in [0.05, 0.1) is 0 Å². The van der Waals surface area contributed by atoms with Gasteiger partial charge in [-0.25, -0.2) is 0 Å². The molecule has 0 aliphatic rings. The number of benzene rings is 1. The molecule has 0 amide bonds. The third kappa shape index (κ3) is 4.90. The summed E-state index contributed by atoms with van der Waals surface area (Å²) in [5.41, 5.74) is 0.692. The second-order valence-electron chi connectivity index (χ2n) is 2.72. The highest BCUT2D eigenvalue weighted by Crippen LogP contribution is 2.25. The first-order valence-corrected chi connectivity index (χ1v) is 4.82. The van der Waals surface area contributed by atoms with Gasteiger partial charge in [0.15, 0.2) is 11.5 Å². The molecule has 0 saturated carbocycles. The largest absolute Gasteiger partial charge is 0.504 e. The first-order valence-electron chi connectivity index (χ1n) is 4.82. The average molecular weight is 212 g/mol. The Balaban J connectivity index is 0.000000921. The molecule has 0 radical (unpaired) electrons. The fourth-order valence-corrected chi connectivity index (χ4v) is 0.976. The summed E-state index contributed by atoms with van der Waals surface area (Å²) in [6, 6.07) is 4.28. The number of hydrogen-bond donors (Lipinski definition) is 3. The van der Waals surface area contributed by atoms with E-state index in [1.54, 1.807) is 6.07 Å². The summed E-state index contributed by atoms with van der Waals surface area (Å²) >= 11 is 0. The van der Waals surface area contributed by atoms with E-state index in [2.05, 4.69) is 0 Å². The van der Waals surface area contributed by atoms with E-state index in [0.717, 1.165) is 0 Å². The lowest BCUT2D eigenvalue weighted by Gasteiger charge is -2.01. The number of rotatable bonds is 3. The highest BCUT2D eigenvalue weighted by molar-refractivity contribution is 5.67. The first kappa shape index (κ1) is 13.3. The van der Waals surface area contributed by atoms with E-state index in [-0.39, 0.29) is 17.9 Å². The zero-order valence-corrected chi connectivity index (χ0v) is 8.90. The van der Waals surface area contributed by atoms with Crippen molar-refractivity contribution in [2.24, 2.45) is 0 Å². The van der Waals surface area contributed by atoms with Crippen LogP contribution in [0.1, 0.15) is 25.8 Å². The number of aliphatic carboxylic acids is 1. The summed E-state index contributed by atoms with van der Waals surface area (Å²) in [6.45, 7) is 4.00. The Morgan fingerprint density at radius 3 is 2.27 bits per heavy atom. The lowest BCUT2D eigenvalue weighted by Crippen LogP contribution is -1.96.